The number of nitrogens with two attached hydrogens (primary N) is 1. The van der Waals surface area contributed by atoms with Gasteiger partial charge in [0.2, 0.25) is 26.0 Å². The minimum absolute atomic E-state index is 0.00105. The van der Waals surface area contributed by atoms with E-state index < -0.39 is 32.8 Å². The highest BCUT2D eigenvalue weighted by atomic mass is 35.5. The Morgan fingerprint density at radius 3 is 2.39 bits per heavy atom. The summed E-state index contributed by atoms with van der Waals surface area (Å²) in [6.45, 7) is -0.114. The standard InChI is InChI=1S/C26H26ClF3N8O4S2/c27-19-6-3-16(11-22(19)44(41,42)38-17-9-10-32-13-17)20-7-8-21-23(35-20)24(34-14-26(28,29)30)37-25(36-21)33-12-15-1-4-18(5-2-15)43(31,39)40/h1-8,11,17,32,38H,9-10,12-14H2,(H2,31,39,40)(H2,33,34,36,37). The van der Waals surface area contributed by atoms with E-state index in [9.17, 15) is 30.0 Å². The molecule has 0 radical (unpaired) electrons. The van der Waals surface area contributed by atoms with E-state index in [-0.39, 0.29) is 55.9 Å². The molecule has 2 aromatic heterocycles. The van der Waals surface area contributed by atoms with Gasteiger partial charge in [-0.05, 0) is 54.9 Å². The number of hydrogen-bond donors (Lipinski definition) is 5. The Bertz CT molecular complexity index is 1910. The van der Waals surface area contributed by atoms with Crippen molar-refractivity contribution in [2.24, 2.45) is 5.14 Å². The van der Waals surface area contributed by atoms with Gasteiger partial charge in [0.05, 0.1) is 21.1 Å². The second-order valence-electron chi connectivity index (χ2n) is 9.93. The zero-order valence-electron chi connectivity index (χ0n) is 22.7. The molecule has 5 rings (SSSR count). The molecule has 0 spiro atoms. The second-order valence-corrected chi connectivity index (χ2v) is 13.6. The van der Waals surface area contributed by atoms with Crippen molar-refractivity contribution in [1.29, 1.82) is 0 Å². The van der Waals surface area contributed by atoms with E-state index in [1.54, 1.807) is 12.1 Å². The van der Waals surface area contributed by atoms with E-state index >= 15 is 0 Å². The lowest BCUT2D eigenvalue weighted by atomic mass is 10.1. The molecule has 1 unspecified atom stereocenters. The van der Waals surface area contributed by atoms with Gasteiger partial charge in [0.1, 0.15) is 17.0 Å². The molecule has 0 aliphatic carbocycles. The zero-order chi connectivity index (χ0) is 31.7. The van der Waals surface area contributed by atoms with Crippen molar-refractivity contribution in [3.8, 4) is 11.3 Å². The minimum atomic E-state index is -4.56. The lowest BCUT2D eigenvalue weighted by Crippen LogP contribution is -2.36. The van der Waals surface area contributed by atoms with Crippen molar-refractivity contribution in [2.45, 2.75) is 35.0 Å². The normalized spacial score (nSPS) is 15.9. The van der Waals surface area contributed by atoms with E-state index in [0.717, 1.165) is 0 Å². The van der Waals surface area contributed by atoms with Gasteiger partial charge in [-0.25, -0.2) is 36.7 Å². The summed E-state index contributed by atoms with van der Waals surface area (Å²) >= 11 is 6.25. The van der Waals surface area contributed by atoms with Gasteiger partial charge in [-0.3, -0.25) is 0 Å². The van der Waals surface area contributed by atoms with Crippen molar-refractivity contribution in [2.75, 3.05) is 30.3 Å². The molecule has 234 valence electrons. The number of sulfonamides is 2. The van der Waals surface area contributed by atoms with Gasteiger partial charge in [0.15, 0.2) is 5.82 Å². The number of halogens is 4. The molecule has 4 aromatic rings. The molecular weight excluding hydrogens is 645 g/mol. The van der Waals surface area contributed by atoms with Crippen LogP contribution in [-0.2, 0) is 26.6 Å². The smallest absolute Gasteiger partial charge is 0.359 e. The van der Waals surface area contributed by atoms with Crippen LogP contribution in [0.25, 0.3) is 22.3 Å². The third-order valence-electron chi connectivity index (χ3n) is 6.60. The fourth-order valence-electron chi connectivity index (χ4n) is 4.45. The van der Waals surface area contributed by atoms with Crippen molar-refractivity contribution in [3.05, 3.63) is 65.2 Å². The highest BCUT2D eigenvalue weighted by molar-refractivity contribution is 7.89. The first-order valence-corrected chi connectivity index (χ1v) is 16.5. The van der Waals surface area contributed by atoms with Crippen LogP contribution in [0.2, 0.25) is 5.02 Å². The van der Waals surface area contributed by atoms with E-state index in [1.807, 2.05) is 0 Å². The molecule has 1 atom stereocenters. The maximum absolute atomic E-state index is 13.1. The third-order valence-corrected chi connectivity index (χ3v) is 9.53. The molecule has 6 N–H and O–H groups in total. The van der Waals surface area contributed by atoms with Crippen molar-refractivity contribution >= 4 is 54.4 Å². The largest absolute Gasteiger partial charge is 0.405 e. The molecule has 12 nitrogen and oxygen atoms in total. The average molecular weight is 671 g/mol. The number of pyridine rings is 1. The summed E-state index contributed by atoms with van der Waals surface area (Å²) < 4.78 is 91.2. The Hall–Kier alpha value is -3.61. The topological polar surface area (TPSA) is 181 Å². The lowest BCUT2D eigenvalue weighted by molar-refractivity contribution is -0.115. The highest BCUT2D eigenvalue weighted by Gasteiger charge is 2.28. The zero-order valence-corrected chi connectivity index (χ0v) is 25.1. The Labute approximate surface area is 255 Å². The van der Waals surface area contributed by atoms with E-state index in [4.69, 9.17) is 16.7 Å². The van der Waals surface area contributed by atoms with Crippen LogP contribution in [0.4, 0.5) is 24.9 Å². The molecule has 1 saturated heterocycles. The van der Waals surface area contributed by atoms with Crippen LogP contribution < -0.4 is 25.8 Å². The van der Waals surface area contributed by atoms with Crippen LogP contribution in [0.15, 0.2) is 64.4 Å². The lowest BCUT2D eigenvalue weighted by Gasteiger charge is -2.15. The summed E-state index contributed by atoms with van der Waals surface area (Å²) in [5, 5.41) is 13.4. The van der Waals surface area contributed by atoms with Crippen LogP contribution in [0.1, 0.15) is 12.0 Å². The molecule has 0 saturated carbocycles. The number of benzene rings is 2. The maximum Gasteiger partial charge on any atom is 0.405 e. The Morgan fingerprint density at radius 1 is 0.977 bits per heavy atom. The van der Waals surface area contributed by atoms with Crippen LogP contribution >= 0.6 is 11.6 Å². The number of hydrogen-bond acceptors (Lipinski definition) is 10. The number of fused-ring (bicyclic) bond motifs is 1. The summed E-state index contributed by atoms with van der Waals surface area (Å²) in [5.41, 5.74) is 1.46. The first kappa shape index (κ1) is 31.8. The Morgan fingerprint density at radius 2 is 1.73 bits per heavy atom. The fourth-order valence-corrected chi connectivity index (χ4v) is 6.76. The van der Waals surface area contributed by atoms with Gasteiger partial charge in [0.25, 0.3) is 0 Å². The number of rotatable bonds is 10. The van der Waals surface area contributed by atoms with Crippen LogP contribution in [0.5, 0.6) is 0 Å². The first-order valence-electron chi connectivity index (χ1n) is 13.1. The molecule has 2 aromatic carbocycles. The Kier molecular flexibility index (Phi) is 8.97. The summed E-state index contributed by atoms with van der Waals surface area (Å²) in [4.78, 5) is 12.8. The predicted octanol–water partition coefficient (Wildman–Crippen LogP) is 3.22. The SMILES string of the molecule is NS(=O)(=O)c1ccc(CNc2nc(NCC(F)(F)F)c3nc(-c4ccc(Cl)c(S(=O)(=O)NC5CCNC5)c4)ccc3n2)cc1. The monoisotopic (exact) mass is 670 g/mol. The van der Waals surface area contributed by atoms with Gasteiger partial charge in [-0.1, -0.05) is 29.8 Å². The molecular formula is C26H26ClF3N8O4S2. The Balaban J connectivity index is 1.46. The number of nitrogens with zero attached hydrogens (tertiary/aromatic N) is 3. The van der Waals surface area contributed by atoms with Gasteiger partial charge in [0, 0.05) is 24.7 Å². The summed E-state index contributed by atoms with van der Waals surface area (Å²) in [7, 11) is -7.85. The van der Waals surface area contributed by atoms with E-state index in [2.05, 4.69) is 35.6 Å². The van der Waals surface area contributed by atoms with Crippen molar-refractivity contribution in [1.82, 2.24) is 25.0 Å². The van der Waals surface area contributed by atoms with Crippen molar-refractivity contribution < 1.29 is 30.0 Å². The van der Waals surface area contributed by atoms with E-state index in [0.29, 0.717) is 30.6 Å². The molecule has 1 aliphatic heterocycles. The molecule has 0 amide bonds. The number of nitrogens with one attached hydrogen (secondary N) is 4. The second kappa shape index (κ2) is 12.4. The molecule has 3 heterocycles. The quantitative estimate of drug-likeness (QED) is 0.168. The third kappa shape index (κ3) is 7.72. The summed E-state index contributed by atoms with van der Waals surface area (Å²) in [6, 6.07) is 12.8. The number of alkyl halides is 3. The summed E-state index contributed by atoms with van der Waals surface area (Å²) in [6.07, 6.45) is -3.94. The number of aromatic nitrogens is 3. The highest BCUT2D eigenvalue weighted by Crippen LogP contribution is 2.31. The van der Waals surface area contributed by atoms with Crippen molar-refractivity contribution in [3.63, 3.8) is 0 Å². The molecule has 1 aliphatic rings. The average Bonchev–Trinajstić information content (AvgIpc) is 3.46. The molecule has 18 heteroatoms. The first-order chi connectivity index (χ1) is 20.7. The maximum atomic E-state index is 13.1. The number of anilines is 2. The number of primary sulfonamides is 1. The van der Waals surface area contributed by atoms with Crippen LogP contribution in [0.3, 0.4) is 0 Å². The van der Waals surface area contributed by atoms with Crippen LogP contribution in [0, 0.1) is 0 Å². The molecule has 1 fully saturated rings. The van der Waals surface area contributed by atoms with Gasteiger partial charge < -0.3 is 16.0 Å². The van der Waals surface area contributed by atoms with Gasteiger partial charge in [-0.2, -0.15) is 18.2 Å². The van der Waals surface area contributed by atoms with Gasteiger partial charge >= 0.3 is 6.18 Å². The predicted molar refractivity (Wildman–Crippen MR) is 159 cm³/mol. The summed E-state index contributed by atoms with van der Waals surface area (Å²) in [5.74, 6) is -0.224. The van der Waals surface area contributed by atoms with E-state index in [1.165, 1.54) is 42.5 Å². The van der Waals surface area contributed by atoms with Gasteiger partial charge in [-0.15, -0.1) is 0 Å². The fraction of sp³-hybridized carbons (Fsp3) is 0.269. The molecule has 0 bridgehead atoms. The van der Waals surface area contributed by atoms with Crippen LogP contribution in [-0.4, -0.2) is 63.6 Å². The minimum Gasteiger partial charge on any atom is -0.359 e. The molecule has 44 heavy (non-hydrogen) atoms.